The van der Waals surface area contributed by atoms with Crippen LogP contribution in [0.5, 0.6) is 0 Å². The summed E-state index contributed by atoms with van der Waals surface area (Å²) in [6, 6.07) is 0. The largest absolute Gasteiger partial charge is 0.375 e. The zero-order chi connectivity index (χ0) is 18.1. The number of aryl methyl sites for hydroxylation is 2. The summed E-state index contributed by atoms with van der Waals surface area (Å²) in [7, 11) is 1.54. The van der Waals surface area contributed by atoms with Gasteiger partial charge in [0.1, 0.15) is 17.3 Å². The summed E-state index contributed by atoms with van der Waals surface area (Å²) in [5.41, 5.74) is 1.22. The van der Waals surface area contributed by atoms with Crippen LogP contribution in [0.25, 0.3) is 10.2 Å². The summed E-state index contributed by atoms with van der Waals surface area (Å²) in [5, 5.41) is 0.809. The smallest absolute Gasteiger partial charge is 0.259 e. The average Bonchev–Trinajstić information content (AvgIpc) is 3.01. The highest BCUT2D eigenvalue weighted by Crippen LogP contribution is 2.33. The Balaban J connectivity index is 1.47. The third kappa shape index (κ3) is 3.41. The van der Waals surface area contributed by atoms with E-state index in [1.165, 1.54) is 24.0 Å². The van der Waals surface area contributed by atoms with Crippen LogP contribution in [0, 0.1) is 0 Å². The lowest BCUT2D eigenvalue weighted by molar-refractivity contribution is -0.136. The maximum absolute atomic E-state index is 12.6. The first kappa shape index (κ1) is 17.6. The highest BCUT2D eigenvalue weighted by Gasteiger charge is 2.23. The Hall–Kier alpha value is -1.77. The predicted molar refractivity (Wildman–Crippen MR) is 101 cm³/mol. The number of hydrogen-bond donors (Lipinski definition) is 1. The molecule has 0 spiro atoms. The lowest BCUT2D eigenvalue weighted by atomic mass is 9.97. The van der Waals surface area contributed by atoms with Crippen LogP contribution in [-0.2, 0) is 28.9 Å². The molecule has 4 rings (SSSR count). The monoisotopic (exact) mass is 376 g/mol. The molecule has 1 amide bonds. The molecule has 1 aliphatic carbocycles. The minimum absolute atomic E-state index is 0.00157. The molecular formula is C18H24N4O3S. The highest BCUT2D eigenvalue weighted by atomic mass is 32.1. The number of thiophene rings is 1. The Labute approximate surface area is 156 Å². The van der Waals surface area contributed by atoms with Crippen LogP contribution < -0.4 is 5.56 Å². The molecule has 3 heterocycles. The lowest BCUT2D eigenvalue weighted by Gasteiger charge is -2.34. The number of aromatic amines is 1. The number of nitrogens with one attached hydrogen (secondary N) is 1. The molecule has 8 heteroatoms. The maximum atomic E-state index is 12.6. The van der Waals surface area contributed by atoms with Gasteiger partial charge in [0.25, 0.3) is 5.56 Å². The predicted octanol–water partition coefficient (Wildman–Crippen LogP) is 1.15. The molecular weight excluding hydrogens is 352 g/mol. The second-order valence-electron chi connectivity index (χ2n) is 6.99. The van der Waals surface area contributed by atoms with Gasteiger partial charge in [-0.2, -0.15) is 0 Å². The van der Waals surface area contributed by atoms with Crippen LogP contribution >= 0.6 is 11.3 Å². The number of carbonyl (C=O) groups excluding carboxylic acids is 1. The standard InChI is InChI=1S/C18H24N4O3S/c1-25-11-15(23)22-8-6-21(7-9-22)10-14-19-17(24)16-12-4-2-3-5-13(12)26-18(16)20-14/h2-11H2,1H3,(H,19,20,24). The van der Waals surface area contributed by atoms with Gasteiger partial charge in [-0.15, -0.1) is 11.3 Å². The topological polar surface area (TPSA) is 78.5 Å². The lowest BCUT2D eigenvalue weighted by Crippen LogP contribution is -2.49. The van der Waals surface area contributed by atoms with Crippen molar-refractivity contribution in [2.45, 2.75) is 32.2 Å². The Morgan fingerprint density at radius 2 is 2.00 bits per heavy atom. The van der Waals surface area contributed by atoms with Gasteiger partial charge < -0.3 is 14.6 Å². The summed E-state index contributed by atoms with van der Waals surface area (Å²) in [5.74, 6) is 0.752. The normalized spacial score (nSPS) is 18.3. The van der Waals surface area contributed by atoms with Crippen molar-refractivity contribution in [2.24, 2.45) is 0 Å². The van der Waals surface area contributed by atoms with E-state index in [2.05, 4.69) is 9.88 Å². The second-order valence-corrected chi connectivity index (χ2v) is 8.08. The Bertz CT molecular complexity index is 867. The minimum atomic E-state index is -0.00157. The zero-order valence-electron chi connectivity index (χ0n) is 15.0. The molecule has 1 N–H and O–H groups in total. The van der Waals surface area contributed by atoms with Gasteiger partial charge in [-0.1, -0.05) is 0 Å². The first-order valence-electron chi connectivity index (χ1n) is 9.18. The minimum Gasteiger partial charge on any atom is -0.375 e. The fourth-order valence-electron chi connectivity index (χ4n) is 3.87. The number of rotatable bonds is 4. The Morgan fingerprint density at radius 1 is 1.23 bits per heavy atom. The van der Waals surface area contributed by atoms with E-state index in [-0.39, 0.29) is 18.1 Å². The van der Waals surface area contributed by atoms with Gasteiger partial charge in [0.05, 0.1) is 11.9 Å². The number of carbonyl (C=O) groups is 1. The zero-order valence-corrected chi connectivity index (χ0v) is 15.9. The van der Waals surface area contributed by atoms with Crippen LogP contribution in [0.2, 0.25) is 0 Å². The third-order valence-electron chi connectivity index (χ3n) is 5.24. The Morgan fingerprint density at radius 3 is 2.77 bits per heavy atom. The van der Waals surface area contributed by atoms with E-state index in [4.69, 9.17) is 9.72 Å². The van der Waals surface area contributed by atoms with Crippen molar-refractivity contribution in [1.82, 2.24) is 19.8 Å². The van der Waals surface area contributed by atoms with Crippen molar-refractivity contribution in [3.05, 3.63) is 26.6 Å². The summed E-state index contributed by atoms with van der Waals surface area (Å²) in [4.78, 5) is 38.5. The van der Waals surface area contributed by atoms with E-state index in [9.17, 15) is 9.59 Å². The molecule has 1 fully saturated rings. The van der Waals surface area contributed by atoms with Crippen molar-refractivity contribution >= 4 is 27.5 Å². The quantitative estimate of drug-likeness (QED) is 0.866. The van der Waals surface area contributed by atoms with Gasteiger partial charge in [-0.05, 0) is 31.2 Å². The number of aromatic nitrogens is 2. The number of amides is 1. The maximum Gasteiger partial charge on any atom is 0.259 e. The van der Waals surface area contributed by atoms with Crippen LogP contribution in [0.4, 0.5) is 0 Å². The summed E-state index contributed by atoms with van der Waals surface area (Å²) >= 11 is 1.68. The van der Waals surface area contributed by atoms with Crippen LogP contribution in [0.3, 0.4) is 0 Å². The van der Waals surface area contributed by atoms with Gasteiger partial charge in [-0.3, -0.25) is 14.5 Å². The summed E-state index contributed by atoms with van der Waals surface area (Å²) in [6.45, 7) is 3.66. The molecule has 2 aromatic heterocycles. The molecule has 0 unspecified atom stereocenters. The molecule has 0 atom stereocenters. The molecule has 0 saturated carbocycles. The van der Waals surface area contributed by atoms with E-state index in [0.29, 0.717) is 19.6 Å². The number of piperazine rings is 1. The van der Waals surface area contributed by atoms with E-state index >= 15 is 0 Å². The third-order valence-corrected chi connectivity index (χ3v) is 6.43. The van der Waals surface area contributed by atoms with Gasteiger partial charge in [0, 0.05) is 38.2 Å². The number of nitrogens with zero attached hydrogens (tertiary/aromatic N) is 3. The SMILES string of the molecule is COCC(=O)N1CCN(Cc2nc3sc4c(c3c(=O)[nH]2)CCCC4)CC1. The number of hydrogen-bond acceptors (Lipinski definition) is 6. The fourth-order valence-corrected chi connectivity index (χ4v) is 5.15. The summed E-state index contributed by atoms with van der Waals surface area (Å²) < 4.78 is 4.91. The van der Waals surface area contributed by atoms with Crippen molar-refractivity contribution in [2.75, 3.05) is 39.9 Å². The molecule has 140 valence electrons. The average molecular weight is 376 g/mol. The number of H-pyrrole nitrogens is 1. The molecule has 0 aromatic carbocycles. The van der Waals surface area contributed by atoms with Crippen molar-refractivity contribution in [3.8, 4) is 0 Å². The van der Waals surface area contributed by atoms with E-state index in [0.717, 1.165) is 48.4 Å². The highest BCUT2D eigenvalue weighted by molar-refractivity contribution is 7.18. The first-order chi connectivity index (χ1) is 12.7. The van der Waals surface area contributed by atoms with Crippen molar-refractivity contribution in [3.63, 3.8) is 0 Å². The Kier molecular flexibility index (Phi) is 5.06. The molecule has 7 nitrogen and oxygen atoms in total. The molecule has 2 aromatic rings. The molecule has 1 aliphatic heterocycles. The summed E-state index contributed by atoms with van der Waals surface area (Å²) in [6.07, 6.45) is 4.43. The molecule has 26 heavy (non-hydrogen) atoms. The van der Waals surface area contributed by atoms with E-state index < -0.39 is 0 Å². The molecule has 0 radical (unpaired) electrons. The van der Waals surface area contributed by atoms with Crippen molar-refractivity contribution in [1.29, 1.82) is 0 Å². The molecule has 1 saturated heterocycles. The molecule has 0 bridgehead atoms. The second kappa shape index (κ2) is 7.46. The van der Waals surface area contributed by atoms with Gasteiger partial charge in [-0.25, -0.2) is 4.98 Å². The fraction of sp³-hybridized carbons (Fsp3) is 0.611. The van der Waals surface area contributed by atoms with Crippen molar-refractivity contribution < 1.29 is 9.53 Å². The van der Waals surface area contributed by atoms with Crippen LogP contribution in [-0.4, -0.2) is 65.6 Å². The van der Waals surface area contributed by atoms with Gasteiger partial charge >= 0.3 is 0 Å². The first-order valence-corrected chi connectivity index (χ1v) is 10.00. The number of ether oxygens (including phenoxy) is 1. The van der Waals surface area contributed by atoms with Crippen LogP contribution in [0.1, 0.15) is 29.1 Å². The van der Waals surface area contributed by atoms with E-state index in [1.54, 1.807) is 11.3 Å². The van der Waals surface area contributed by atoms with Gasteiger partial charge in [0.15, 0.2) is 0 Å². The number of methoxy groups -OCH3 is 1. The van der Waals surface area contributed by atoms with E-state index in [1.807, 2.05) is 4.90 Å². The molecule has 2 aliphatic rings. The van der Waals surface area contributed by atoms with Gasteiger partial charge in [0.2, 0.25) is 5.91 Å². The van der Waals surface area contributed by atoms with Crippen LogP contribution in [0.15, 0.2) is 4.79 Å². The number of fused-ring (bicyclic) bond motifs is 3.